The molecule has 2 rings (SSSR count). The smallest absolute Gasteiger partial charge is 0.323 e. The van der Waals surface area contributed by atoms with Gasteiger partial charge in [-0.1, -0.05) is 6.07 Å². The lowest BCUT2D eigenvalue weighted by molar-refractivity contribution is -0.140. The molecule has 1 aromatic carbocycles. The molecule has 0 radical (unpaired) electrons. The molecule has 1 aliphatic heterocycles. The molecule has 1 saturated heterocycles. The molecule has 0 saturated carbocycles. The van der Waals surface area contributed by atoms with Gasteiger partial charge in [-0.25, -0.2) is 0 Å². The van der Waals surface area contributed by atoms with Crippen molar-refractivity contribution in [1.82, 2.24) is 5.32 Å². The Balaban J connectivity index is 1.89. The molecule has 0 aromatic heterocycles. The van der Waals surface area contributed by atoms with Crippen LogP contribution in [0.2, 0.25) is 0 Å². The minimum Gasteiger partial charge on any atom is -0.497 e. The van der Waals surface area contributed by atoms with Gasteiger partial charge in [0.15, 0.2) is 0 Å². The number of methoxy groups -OCH3 is 1. The van der Waals surface area contributed by atoms with Crippen molar-refractivity contribution >= 4 is 11.7 Å². The zero-order chi connectivity index (χ0) is 15.2. The molecule has 0 bridgehead atoms. The monoisotopic (exact) mass is 294 g/mol. The second-order valence-electron chi connectivity index (χ2n) is 5.20. The van der Waals surface area contributed by atoms with Crippen molar-refractivity contribution in [3.05, 3.63) is 24.3 Å². The number of nitrogens with zero attached hydrogens (tertiary/aromatic N) is 1. The maximum atomic E-state index is 10.9. The number of aliphatic hydroxyl groups is 1. The van der Waals surface area contributed by atoms with E-state index in [9.17, 15) is 4.79 Å². The van der Waals surface area contributed by atoms with Gasteiger partial charge in [-0.05, 0) is 25.0 Å². The van der Waals surface area contributed by atoms with Crippen LogP contribution >= 0.6 is 0 Å². The predicted octanol–water partition coefficient (Wildman–Crippen LogP) is 0.699. The second-order valence-corrected chi connectivity index (χ2v) is 5.20. The molecule has 6 nitrogen and oxygen atoms in total. The van der Waals surface area contributed by atoms with Gasteiger partial charge in [0, 0.05) is 30.9 Å². The Morgan fingerprint density at radius 1 is 1.48 bits per heavy atom. The number of ether oxygens (including phenoxy) is 1. The maximum absolute atomic E-state index is 10.9. The second kappa shape index (κ2) is 7.28. The quantitative estimate of drug-likeness (QED) is 0.716. The lowest BCUT2D eigenvalue weighted by Gasteiger charge is -2.35. The van der Waals surface area contributed by atoms with Gasteiger partial charge in [0.05, 0.1) is 13.7 Å². The maximum Gasteiger partial charge on any atom is 0.323 e. The normalized spacial score (nSPS) is 17.5. The first-order valence-corrected chi connectivity index (χ1v) is 7.12. The summed E-state index contributed by atoms with van der Waals surface area (Å²) in [5.74, 6) is -0.174. The summed E-state index contributed by atoms with van der Waals surface area (Å²) in [4.78, 5) is 13.2. The highest BCUT2D eigenvalue weighted by molar-refractivity contribution is 5.73. The molecule has 0 aliphatic carbocycles. The summed E-state index contributed by atoms with van der Waals surface area (Å²) in [7, 11) is 1.65. The first-order chi connectivity index (χ1) is 10.1. The Labute approximate surface area is 124 Å². The lowest BCUT2D eigenvalue weighted by atomic mass is 10.0. The molecule has 1 aliphatic rings. The fourth-order valence-electron chi connectivity index (χ4n) is 2.60. The highest BCUT2D eigenvalue weighted by Crippen LogP contribution is 2.24. The van der Waals surface area contributed by atoms with Crippen molar-refractivity contribution < 1.29 is 19.7 Å². The van der Waals surface area contributed by atoms with Crippen LogP contribution < -0.4 is 15.0 Å². The van der Waals surface area contributed by atoms with Gasteiger partial charge in [0.2, 0.25) is 0 Å². The number of carboxylic acids is 1. The summed E-state index contributed by atoms with van der Waals surface area (Å²) in [5, 5.41) is 21.0. The molecule has 6 heteroatoms. The molecule has 1 heterocycles. The number of carboxylic acid groups (broad SMARTS) is 1. The van der Waals surface area contributed by atoms with Gasteiger partial charge in [-0.3, -0.25) is 10.1 Å². The Bertz CT molecular complexity index is 472. The summed E-state index contributed by atoms with van der Waals surface area (Å²) >= 11 is 0. The van der Waals surface area contributed by atoms with Crippen LogP contribution in [0.3, 0.4) is 0 Å². The van der Waals surface area contributed by atoms with E-state index < -0.39 is 12.0 Å². The molecule has 0 unspecified atom stereocenters. The summed E-state index contributed by atoms with van der Waals surface area (Å²) in [6.45, 7) is 1.32. The van der Waals surface area contributed by atoms with Crippen LogP contribution in [0.5, 0.6) is 5.75 Å². The van der Waals surface area contributed by atoms with Gasteiger partial charge in [0.1, 0.15) is 11.8 Å². The average molecular weight is 294 g/mol. The van der Waals surface area contributed by atoms with Crippen LogP contribution in [0.4, 0.5) is 5.69 Å². The first-order valence-electron chi connectivity index (χ1n) is 7.12. The minimum absolute atomic E-state index is 0.125. The number of anilines is 1. The number of nitrogens with one attached hydrogen (secondary N) is 1. The van der Waals surface area contributed by atoms with Gasteiger partial charge >= 0.3 is 5.97 Å². The van der Waals surface area contributed by atoms with Crippen molar-refractivity contribution in [3.63, 3.8) is 0 Å². The van der Waals surface area contributed by atoms with E-state index in [1.807, 2.05) is 24.3 Å². The lowest BCUT2D eigenvalue weighted by Crippen LogP contribution is -2.50. The molecule has 21 heavy (non-hydrogen) atoms. The predicted molar refractivity (Wildman–Crippen MR) is 79.9 cm³/mol. The standard InChI is InChI=1S/C15H22N2O4/c1-21-13-4-2-3-12(9-13)17-7-5-11(6-8-17)16-14(10-18)15(19)20/h2-4,9,11,14,16,18H,5-8,10H2,1H3,(H,19,20)/t14-/m1/s1. The number of aliphatic carboxylic acids is 1. The summed E-state index contributed by atoms with van der Waals surface area (Å²) in [6.07, 6.45) is 1.70. The van der Waals surface area contributed by atoms with Gasteiger partial charge in [0.25, 0.3) is 0 Å². The fourth-order valence-corrected chi connectivity index (χ4v) is 2.60. The van der Waals surface area contributed by atoms with Crippen molar-refractivity contribution in [2.45, 2.75) is 24.9 Å². The van der Waals surface area contributed by atoms with E-state index in [4.69, 9.17) is 14.9 Å². The van der Waals surface area contributed by atoms with Crippen molar-refractivity contribution in [3.8, 4) is 5.75 Å². The van der Waals surface area contributed by atoms with Gasteiger partial charge in [-0.15, -0.1) is 0 Å². The molecule has 0 spiro atoms. The number of carbonyl (C=O) groups is 1. The van der Waals surface area contributed by atoms with E-state index in [0.29, 0.717) is 0 Å². The minimum atomic E-state index is -1.01. The first kappa shape index (κ1) is 15.6. The molecule has 1 fully saturated rings. The molecule has 1 atom stereocenters. The molecular weight excluding hydrogens is 272 g/mol. The third-order valence-corrected chi connectivity index (χ3v) is 3.83. The fraction of sp³-hybridized carbons (Fsp3) is 0.533. The summed E-state index contributed by atoms with van der Waals surface area (Å²) in [5.41, 5.74) is 1.12. The zero-order valence-electron chi connectivity index (χ0n) is 12.2. The Hall–Kier alpha value is -1.79. The van der Waals surface area contributed by atoms with Crippen LogP contribution in [-0.2, 0) is 4.79 Å². The third-order valence-electron chi connectivity index (χ3n) is 3.83. The van der Waals surface area contributed by atoms with Crippen LogP contribution in [-0.4, -0.2) is 55.1 Å². The Kier molecular flexibility index (Phi) is 5.41. The molecule has 116 valence electrons. The largest absolute Gasteiger partial charge is 0.497 e. The number of hydrogen-bond donors (Lipinski definition) is 3. The van der Waals surface area contributed by atoms with Crippen molar-refractivity contribution in [1.29, 1.82) is 0 Å². The topological polar surface area (TPSA) is 82.0 Å². The number of hydrogen-bond acceptors (Lipinski definition) is 5. The van der Waals surface area contributed by atoms with E-state index in [0.717, 1.165) is 37.4 Å². The third kappa shape index (κ3) is 4.09. The zero-order valence-corrected chi connectivity index (χ0v) is 12.2. The van der Waals surface area contributed by atoms with E-state index in [-0.39, 0.29) is 12.6 Å². The number of piperidine rings is 1. The van der Waals surface area contributed by atoms with Crippen molar-refractivity contribution in [2.24, 2.45) is 0 Å². The van der Waals surface area contributed by atoms with Crippen LogP contribution in [0.1, 0.15) is 12.8 Å². The number of benzene rings is 1. The molecular formula is C15H22N2O4. The van der Waals surface area contributed by atoms with Gasteiger partial charge in [-0.2, -0.15) is 0 Å². The van der Waals surface area contributed by atoms with Crippen LogP contribution in [0, 0.1) is 0 Å². The van der Waals surface area contributed by atoms with Crippen molar-refractivity contribution in [2.75, 3.05) is 31.7 Å². The highest BCUT2D eigenvalue weighted by Gasteiger charge is 2.24. The van der Waals surface area contributed by atoms with E-state index in [2.05, 4.69) is 10.2 Å². The van der Waals surface area contributed by atoms with E-state index in [1.54, 1.807) is 7.11 Å². The Morgan fingerprint density at radius 2 is 2.19 bits per heavy atom. The van der Waals surface area contributed by atoms with Crippen LogP contribution in [0.25, 0.3) is 0 Å². The Morgan fingerprint density at radius 3 is 2.76 bits per heavy atom. The summed E-state index contributed by atoms with van der Waals surface area (Å²) in [6, 6.07) is 7.17. The van der Waals surface area contributed by atoms with Crippen LogP contribution in [0.15, 0.2) is 24.3 Å². The highest BCUT2D eigenvalue weighted by atomic mass is 16.5. The average Bonchev–Trinajstić information content (AvgIpc) is 2.53. The van der Waals surface area contributed by atoms with Gasteiger partial charge < -0.3 is 19.8 Å². The number of rotatable bonds is 6. The SMILES string of the molecule is COc1cccc(N2CCC(N[C@H](CO)C(=O)O)CC2)c1. The summed E-state index contributed by atoms with van der Waals surface area (Å²) < 4.78 is 5.23. The number of aliphatic hydroxyl groups excluding tert-OH is 1. The van der Waals surface area contributed by atoms with E-state index >= 15 is 0 Å². The molecule has 1 aromatic rings. The van der Waals surface area contributed by atoms with E-state index in [1.165, 1.54) is 0 Å². The molecule has 0 amide bonds. The molecule has 3 N–H and O–H groups in total.